The normalized spacial score (nSPS) is 20.1. The number of nitrogens with two attached hydrogens (primary N) is 2. The monoisotopic (exact) mass is 737 g/mol. The molecule has 2 fully saturated rings. The highest BCUT2D eigenvalue weighted by atomic mass is 32.2. The van der Waals surface area contributed by atoms with Gasteiger partial charge >= 0.3 is 5.97 Å². The van der Waals surface area contributed by atoms with Gasteiger partial charge in [-0.1, -0.05) is 77.6 Å². The van der Waals surface area contributed by atoms with E-state index in [1.54, 1.807) is 11.9 Å². The molecule has 4 aromatic rings. The summed E-state index contributed by atoms with van der Waals surface area (Å²) in [7, 11) is 1.70. The van der Waals surface area contributed by atoms with E-state index in [1.807, 2.05) is 66.1 Å². The fraction of sp³-hybridized carbons (Fsp3) is 0.300. The molecule has 6 rings (SSSR count). The Morgan fingerprint density at radius 3 is 2.44 bits per heavy atom. The third-order valence-corrected chi connectivity index (χ3v) is 11.4. The lowest BCUT2D eigenvalue weighted by molar-refractivity contribution is -0.164. The second-order valence-electron chi connectivity index (χ2n) is 11.2. The first-order chi connectivity index (χ1) is 24.2. The first-order valence-corrected chi connectivity index (χ1v) is 17.9. The number of tetrazole rings is 1. The van der Waals surface area contributed by atoms with Crippen LogP contribution in [0, 0.1) is 5.41 Å². The number of nitrogens with one attached hydrogen (secondary N) is 2. The van der Waals surface area contributed by atoms with Crippen LogP contribution in [0.4, 0.5) is 5.13 Å². The minimum Gasteiger partial charge on any atom is -0.452 e. The molecule has 3 atom stereocenters. The Morgan fingerprint density at radius 2 is 1.84 bits per heavy atom. The Balaban J connectivity index is 1.21. The van der Waals surface area contributed by atoms with Gasteiger partial charge in [-0.05, 0) is 21.6 Å². The first-order valence-electron chi connectivity index (χ1n) is 15.0. The smallest absolute Gasteiger partial charge is 0.316 e. The van der Waals surface area contributed by atoms with Crippen molar-refractivity contribution in [3.63, 3.8) is 0 Å². The average Bonchev–Trinajstić information content (AvgIpc) is 3.77. The van der Waals surface area contributed by atoms with E-state index >= 15 is 0 Å². The van der Waals surface area contributed by atoms with Gasteiger partial charge in [0.2, 0.25) is 11.1 Å². The number of hydrogen-bond acceptors (Lipinski definition) is 16. The first kappa shape index (κ1) is 34.8. The van der Waals surface area contributed by atoms with Crippen molar-refractivity contribution in [3.8, 4) is 0 Å². The lowest BCUT2D eigenvalue weighted by atomic mass is 9.88. The highest BCUT2D eigenvalue weighted by molar-refractivity contribution is 8.00. The van der Waals surface area contributed by atoms with Crippen molar-refractivity contribution < 1.29 is 28.8 Å². The van der Waals surface area contributed by atoms with Crippen molar-refractivity contribution in [3.05, 3.63) is 82.9 Å². The molecular formula is C30H31N11O6S3. The third-order valence-electron chi connectivity index (χ3n) is 7.84. The van der Waals surface area contributed by atoms with Crippen molar-refractivity contribution in [1.82, 2.24) is 40.8 Å². The number of carbonyl (C=O) groups excluding carboxylic acids is 4. The van der Waals surface area contributed by atoms with Crippen molar-refractivity contribution in [2.45, 2.75) is 22.7 Å². The number of aromatic nitrogens is 5. The van der Waals surface area contributed by atoms with Crippen LogP contribution < -0.4 is 22.3 Å². The van der Waals surface area contributed by atoms with E-state index in [1.165, 1.54) is 33.6 Å². The summed E-state index contributed by atoms with van der Waals surface area (Å²) in [5, 5.41) is 19.8. The minimum absolute atomic E-state index is 0.0319. The molecule has 0 aliphatic carbocycles. The van der Waals surface area contributed by atoms with E-state index in [2.05, 4.69) is 31.0 Å². The number of amides is 3. The number of hydrazine groups is 1. The summed E-state index contributed by atoms with van der Waals surface area (Å²) in [5.74, 6) is 3.23. The van der Waals surface area contributed by atoms with Gasteiger partial charge in [0.25, 0.3) is 11.8 Å². The van der Waals surface area contributed by atoms with Gasteiger partial charge < -0.3 is 25.5 Å². The zero-order valence-corrected chi connectivity index (χ0v) is 28.8. The molecule has 0 saturated carbocycles. The number of anilines is 1. The Hall–Kier alpha value is -5.05. The molecule has 17 nitrogen and oxygen atoms in total. The Labute approximate surface area is 297 Å². The van der Waals surface area contributed by atoms with Crippen LogP contribution in [0.15, 0.2) is 76.4 Å². The van der Waals surface area contributed by atoms with E-state index in [4.69, 9.17) is 21.2 Å². The molecule has 2 saturated heterocycles. The fourth-order valence-corrected chi connectivity index (χ4v) is 8.51. The number of oxime groups is 1. The maximum absolute atomic E-state index is 14.4. The number of benzene rings is 2. The number of fused-ring (bicyclic) bond motifs is 1. The zero-order valence-electron chi connectivity index (χ0n) is 26.4. The molecule has 260 valence electrons. The number of aryl methyl sites for hydroxylation is 1. The van der Waals surface area contributed by atoms with Gasteiger partial charge in [0.1, 0.15) is 22.5 Å². The summed E-state index contributed by atoms with van der Waals surface area (Å²) in [4.78, 5) is 63.6. The summed E-state index contributed by atoms with van der Waals surface area (Å²) in [6.07, 6.45) is -0.694. The number of β-lactam (4-membered cyclic amide) rings is 1. The van der Waals surface area contributed by atoms with E-state index in [0.717, 1.165) is 22.5 Å². The van der Waals surface area contributed by atoms with Crippen LogP contribution in [-0.2, 0) is 35.8 Å². The van der Waals surface area contributed by atoms with E-state index in [9.17, 15) is 19.2 Å². The van der Waals surface area contributed by atoms with E-state index < -0.39 is 53.2 Å². The summed E-state index contributed by atoms with van der Waals surface area (Å²) < 4.78 is 7.83. The molecule has 2 unspecified atom stereocenters. The lowest BCUT2D eigenvalue weighted by Crippen LogP contribution is -2.74. The van der Waals surface area contributed by atoms with Crippen molar-refractivity contribution in [2.75, 3.05) is 30.4 Å². The van der Waals surface area contributed by atoms with Gasteiger partial charge in [-0.3, -0.25) is 24.6 Å². The van der Waals surface area contributed by atoms with Crippen LogP contribution in [0.3, 0.4) is 0 Å². The molecule has 2 aliphatic rings. The number of nitrogens with zero attached hydrogens (tertiary/aromatic N) is 7. The maximum atomic E-state index is 14.4. The van der Waals surface area contributed by atoms with Crippen LogP contribution in [0.5, 0.6) is 0 Å². The van der Waals surface area contributed by atoms with Gasteiger partial charge in [0.15, 0.2) is 23.6 Å². The van der Waals surface area contributed by atoms with Gasteiger partial charge in [-0.15, -0.1) is 28.2 Å². The molecule has 0 radical (unpaired) electrons. The van der Waals surface area contributed by atoms with Crippen molar-refractivity contribution in [2.24, 2.45) is 23.5 Å². The van der Waals surface area contributed by atoms with E-state index in [-0.39, 0.29) is 34.6 Å². The second-order valence-corrected chi connectivity index (χ2v) is 14.2. The van der Waals surface area contributed by atoms with Gasteiger partial charge in [-0.2, -0.15) is 0 Å². The highest BCUT2D eigenvalue weighted by Crippen LogP contribution is 2.45. The number of carbonyl (C=O) groups is 4. The van der Waals surface area contributed by atoms with Crippen molar-refractivity contribution in [1.29, 1.82) is 0 Å². The van der Waals surface area contributed by atoms with Gasteiger partial charge in [-0.25, -0.2) is 15.5 Å². The minimum atomic E-state index is -1.16. The summed E-state index contributed by atoms with van der Waals surface area (Å²) in [6.45, 7) is -0.526. The largest absolute Gasteiger partial charge is 0.452 e. The number of ether oxygens (including phenoxy) is 1. The molecular weight excluding hydrogens is 707 g/mol. The molecule has 0 bridgehead atoms. The summed E-state index contributed by atoms with van der Waals surface area (Å²) in [5.41, 5.74) is 7.90. The molecule has 20 heteroatoms. The standard InChI is InChI=1S/C30H31N11O6S3/c1-40-29(36-38-39-40)50-16-30(27(45)47-23(17-8-4-2-5-9-17)18-10-6-3-7-11-18)14-41-25(44)22(26(41)49-15-30)34-24(43)21(19-13-48-28(31)33-19)37-46-12-20(42)35-32/h2-11,13,22-23,26H,12,14-16,32H2,1H3,(H2,31,33)(H,34,43)(H,35,42)/t22?,26-,30?/m1/s1. The molecule has 3 amide bonds. The fourth-order valence-electron chi connectivity index (χ4n) is 5.27. The summed E-state index contributed by atoms with van der Waals surface area (Å²) >= 11 is 3.70. The lowest BCUT2D eigenvalue weighted by Gasteiger charge is -2.54. The topological polar surface area (TPSA) is 235 Å². The quantitative estimate of drug-likeness (QED) is 0.0278. The molecule has 4 heterocycles. The number of rotatable bonds is 13. The average molecular weight is 738 g/mol. The van der Waals surface area contributed by atoms with Gasteiger partial charge in [0, 0.05) is 30.5 Å². The molecule has 2 aliphatic heterocycles. The predicted octanol–water partition coefficient (Wildman–Crippen LogP) is 0.471. The number of esters is 1. The van der Waals surface area contributed by atoms with Crippen molar-refractivity contribution >= 4 is 69.4 Å². The number of thiazole rings is 1. The second kappa shape index (κ2) is 15.2. The number of nitrogen functional groups attached to an aromatic ring is 1. The molecule has 2 aromatic heterocycles. The Kier molecular flexibility index (Phi) is 10.6. The Morgan fingerprint density at radius 1 is 1.14 bits per heavy atom. The SMILES string of the molecule is Cn1nnnc1SCC1(C(=O)OC(c2ccccc2)c2ccccc2)CS[C@@H]2C(NC(=O)C(=NOCC(=O)NN)c3csc(N)n3)C(=O)N2C1. The predicted molar refractivity (Wildman–Crippen MR) is 184 cm³/mol. The van der Waals surface area contributed by atoms with E-state index in [0.29, 0.717) is 5.16 Å². The highest BCUT2D eigenvalue weighted by Gasteiger charge is 2.58. The molecule has 6 N–H and O–H groups in total. The maximum Gasteiger partial charge on any atom is 0.316 e. The van der Waals surface area contributed by atoms with Crippen LogP contribution in [0.2, 0.25) is 0 Å². The van der Waals surface area contributed by atoms with Crippen LogP contribution in [-0.4, -0.2) is 95.6 Å². The van der Waals surface area contributed by atoms with Gasteiger partial charge in [0.05, 0.1) is 0 Å². The molecule has 0 spiro atoms. The Bertz CT molecular complexity index is 1850. The number of thioether (sulfide) groups is 2. The van der Waals surface area contributed by atoms with Crippen LogP contribution in [0.25, 0.3) is 0 Å². The zero-order chi connectivity index (χ0) is 35.3. The molecule has 50 heavy (non-hydrogen) atoms. The molecule has 2 aromatic carbocycles. The van der Waals surface area contributed by atoms with Crippen LogP contribution in [0.1, 0.15) is 22.9 Å². The number of hydrogen-bond donors (Lipinski definition) is 4. The summed E-state index contributed by atoms with van der Waals surface area (Å²) in [6, 6.07) is 17.9. The third kappa shape index (κ3) is 7.42. The van der Waals surface area contributed by atoms with Crippen LogP contribution >= 0.6 is 34.9 Å².